The number of halogens is 1. The van der Waals surface area contributed by atoms with Crippen molar-refractivity contribution in [1.82, 2.24) is 5.32 Å². The van der Waals surface area contributed by atoms with Crippen LogP contribution in [0.2, 0.25) is 0 Å². The van der Waals surface area contributed by atoms with E-state index in [0.717, 1.165) is 10.5 Å². The molecule has 2 aromatic rings. The molecule has 0 fully saturated rings. The van der Waals surface area contributed by atoms with Crippen LogP contribution < -0.4 is 5.32 Å². The molecule has 4 nitrogen and oxygen atoms in total. The minimum atomic E-state index is -0.970. The quantitative estimate of drug-likeness (QED) is 0.700. The third-order valence-corrected chi connectivity index (χ3v) is 4.93. The highest BCUT2D eigenvalue weighted by Crippen LogP contribution is 2.22. The molecule has 0 heterocycles. The molecule has 2 unspecified atom stereocenters. The normalized spacial score (nSPS) is 13.0. The van der Waals surface area contributed by atoms with E-state index >= 15 is 0 Å². The molecule has 25 heavy (non-hydrogen) atoms. The fourth-order valence-corrected chi connectivity index (χ4v) is 3.18. The van der Waals surface area contributed by atoms with Crippen molar-refractivity contribution in [1.29, 1.82) is 0 Å². The van der Waals surface area contributed by atoms with Gasteiger partial charge in [0.1, 0.15) is 5.82 Å². The van der Waals surface area contributed by atoms with Crippen molar-refractivity contribution >= 4 is 23.6 Å². The molecule has 0 aliphatic carbocycles. The van der Waals surface area contributed by atoms with Gasteiger partial charge >= 0.3 is 5.97 Å². The number of amides is 1. The Balaban J connectivity index is 1.94. The van der Waals surface area contributed by atoms with Crippen LogP contribution in [0.1, 0.15) is 24.9 Å². The Morgan fingerprint density at radius 1 is 1.12 bits per heavy atom. The van der Waals surface area contributed by atoms with Crippen molar-refractivity contribution in [2.75, 3.05) is 5.75 Å². The predicted octanol–water partition coefficient (Wildman–Crippen LogP) is 3.89. The summed E-state index contributed by atoms with van der Waals surface area (Å²) in [5, 5.41) is 11.9. The van der Waals surface area contributed by atoms with E-state index in [1.54, 1.807) is 31.2 Å². The first-order valence-corrected chi connectivity index (χ1v) is 8.89. The number of hydrogen-bond acceptors (Lipinski definition) is 3. The molecule has 0 aliphatic heterocycles. The van der Waals surface area contributed by atoms with Gasteiger partial charge in [-0.1, -0.05) is 37.3 Å². The van der Waals surface area contributed by atoms with E-state index in [1.807, 2.05) is 18.2 Å². The van der Waals surface area contributed by atoms with Crippen LogP contribution in [0.15, 0.2) is 59.5 Å². The summed E-state index contributed by atoms with van der Waals surface area (Å²) in [7, 11) is 0. The molecule has 2 rings (SSSR count). The maximum Gasteiger partial charge on any atom is 0.305 e. The van der Waals surface area contributed by atoms with Gasteiger partial charge in [0, 0.05) is 16.6 Å². The van der Waals surface area contributed by atoms with Crippen molar-refractivity contribution in [3.63, 3.8) is 0 Å². The number of thioether (sulfide) groups is 1. The van der Waals surface area contributed by atoms with E-state index in [9.17, 15) is 14.0 Å². The number of carbonyl (C=O) groups is 2. The average molecular weight is 361 g/mol. The lowest BCUT2D eigenvalue weighted by atomic mass is 10.0. The van der Waals surface area contributed by atoms with Crippen molar-refractivity contribution in [2.45, 2.75) is 24.3 Å². The molecule has 0 aromatic heterocycles. The number of aliphatic carboxylic acids is 1. The number of carboxylic acid groups (broad SMARTS) is 1. The largest absolute Gasteiger partial charge is 0.481 e. The molecule has 0 spiro atoms. The lowest BCUT2D eigenvalue weighted by Gasteiger charge is -2.20. The van der Waals surface area contributed by atoms with E-state index in [2.05, 4.69) is 5.32 Å². The van der Waals surface area contributed by atoms with Crippen LogP contribution in [0.4, 0.5) is 4.39 Å². The molecule has 0 saturated carbocycles. The SMILES string of the molecule is CC(CSc1ccc(F)cc1)C(=O)NC(CC(=O)O)c1ccccc1. The molecule has 2 N–H and O–H groups in total. The lowest BCUT2D eigenvalue weighted by molar-refractivity contribution is -0.137. The molecule has 0 radical (unpaired) electrons. The highest BCUT2D eigenvalue weighted by molar-refractivity contribution is 7.99. The maximum absolute atomic E-state index is 12.9. The van der Waals surface area contributed by atoms with Gasteiger partial charge < -0.3 is 10.4 Å². The summed E-state index contributed by atoms with van der Waals surface area (Å²) in [5.74, 6) is -1.26. The van der Waals surface area contributed by atoms with Gasteiger partial charge in [-0.3, -0.25) is 9.59 Å². The Morgan fingerprint density at radius 3 is 2.36 bits per heavy atom. The smallest absolute Gasteiger partial charge is 0.305 e. The third-order valence-electron chi connectivity index (χ3n) is 3.66. The summed E-state index contributed by atoms with van der Waals surface area (Å²) in [5.41, 5.74) is 0.761. The van der Waals surface area contributed by atoms with Gasteiger partial charge in [0.05, 0.1) is 12.5 Å². The van der Waals surface area contributed by atoms with Gasteiger partial charge in [-0.25, -0.2) is 4.39 Å². The van der Waals surface area contributed by atoms with Crippen molar-refractivity contribution < 1.29 is 19.1 Å². The van der Waals surface area contributed by atoms with E-state index in [4.69, 9.17) is 5.11 Å². The van der Waals surface area contributed by atoms with Crippen LogP contribution in [-0.4, -0.2) is 22.7 Å². The monoisotopic (exact) mass is 361 g/mol. The minimum Gasteiger partial charge on any atom is -0.481 e. The van der Waals surface area contributed by atoms with Crippen molar-refractivity contribution in [3.8, 4) is 0 Å². The Labute approximate surface area is 150 Å². The molecule has 6 heteroatoms. The van der Waals surface area contributed by atoms with E-state index in [-0.39, 0.29) is 24.1 Å². The number of benzene rings is 2. The fourth-order valence-electron chi connectivity index (χ4n) is 2.25. The van der Waals surface area contributed by atoms with Gasteiger partial charge in [-0.05, 0) is 29.8 Å². The van der Waals surface area contributed by atoms with Crippen LogP contribution in [0.5, 0.6) is 0 Å². The maximum atomic E-state index is 12.9. The molecular weight excluding hydrogens is 341 g/mol. The molecular formula is C19H20FNO3S. The topological polar surface area (TPSA) is 66.4 Å². The van der Waals surface area contributed by atoms with Crippen LogP contribution in [0, 0.1) is 11.7 Å². The second-order valence-corrected chi connectivity index (χ2v) is 6.83. The zero-order chi connectivity index (χ0) is 18.2. The fraction of sp³-hybridized carbons (Fsp3) is 0.263. The van der Waals surface area contributed by atoms with Crippen LogP contribution >= 0.6 is 11.8 Å². The second kappa shape index (κ2) is 9.22. The average Bonchev–Trinajstić information content (AvgIpc) is 2.60. The van der Waals surface area contributed by atoms with Gasteiger partial charge in [-0.2, -0.15) is 0 Å². The molecule has 0 bridgehead atoms. The Bertz CT molecular complexity index is 706. The van der Waals surface area contributed by atoms with E-state index in [0.29, 0.717) is 5.75 Å². The Morgan fingerprint density at radius 2 is 1.76 bits per heavy atom. The summed E-state index contributed by atoms with van der Waals surface area (Å²) in [6.45, 7) is 1.79. The third kappa shape index (κ3) is 6.23. The highest BCUT2D eigenvalue weighted by atomic mass is 32.2. The molecule has 0 aliphatic rings. The van der Waals surface area contributed by atoms with Crippen LogP contribution in [0.3, 0.4) is 0 Å². The zero-order valence-corrected chi connectivity index (χ0v) is 14.6. The number of carboxylic acids is 1. The standard InChI is InChI=1S/C19H20FNO3S/c1-13(12-25-16-9-7-15(20)8-10-16)19(24)21-17(11-18(22)23)14-5-3-2-4-6-14/h2-10,13,17H,11-12H2,1H3,(H,21,24)(H,22,23). The number of carbonyl (C=O) groups excluding carboxylic acids is 1. The predicted molar refractivity (Wildman–Crippen MR) is 95.9 cm³/mol. The summed E-state index contributed by atoms with van der Waals surface area (Å²) >= 11 is 1.46. The first kappa shape index (κ1) is 19.0. The molecule has 2 atom stereocenters. The number of nitrogens with one attached hydrogen (secondary N) is 1. The first-order chi connectivity index (χ1) is 12.0. The van der Waals surface area contributed by atoms with E-state index in [1.165, 1.54) is 23.9 Å². The van der Waals surface area contributed by atoms with Crippen LogP contribution in [0.25, 0.3) is 0 Å². The molecule has 132 valence electrons. The minimum absolute atomic E-state index is 0.173. The molecule has 2 aromatic carbocycles. The second-order valence-electron chi connectivity index (χ2n) is 5.74. The highest BCUT2D eigenvalue weighted by Gasteiger charge is 2.21. The summed E-state index contributed by atoms with van der Waals surface area (Å²) < 4.78 is 12.9. The van der Waals surface area contributed by atoms with Gasteiger partial charge in [0.2, 0.25) is 5.91 Å². The van der Waals surface area contributed by atoms with Crippen LogP contribution in [-0.2, 0) is 9.59 Å². The van der Waals surface area contributed by atoms with Crippen molar-refractivity contribution in [3.05, 3.63) is 66.0 Å². The Hall–Kier alpha value is -2.34. The number of rotatable bonds is 8. The zero-order valence-electron chi connectivity index (χ0n) is 13.8. The van der Waals surface area contributed by atoms with Gasteiger partial charge in [0.25, 0.3) is 0 Å². The summed E-state index contributed by atoms with van der Waals surface area (Å²) in [6, 6.07) is 14.6. The lowest BCUT2D eigenvalue weighted by Crippen LogP contribution is -2.35. The van der Waals surface area contributed by atoms with Gasteiger partial charge in [-0.15, -0.1) is 11.8 Å². The summed E-state index contributed by atoms with van der Waals surface area (Å²) in [6.07, 6.45) is -0.173. The van der Waals surface area contributed by atoms with Crippen molar-refractivity contribution in [2.24, 2.45) is 5.92 Å². The summed E-state index contributed by atoms with van der Waals surface area (Å²) in [4.78, 5) is 24.4. The molecule has 0 saturated heterocycles. The molecule has 1 amide bonds. The Kier molecular flexibility index (Phi) is 7.01. The van der Waals surface area contributed by atoms with E-state index < -0.39 is 12.0 Å². The first-order valence-electron chi connectivity index (χ1n) is 7.91. The van der Waals surface area contributed by atoms with Gasteiger partial charge in [0.15, 0.2) is 0 Å². The number of hydrogen-bond donors (Lipinski definition) is 2.